The third-order valence-corrected chi connectivity index (χ3v) is 8.71. The fourth-order valence-electron chi connectivity index (χ4n) is 3.04. The van der Waals surface area contributed by atoms with E-state index in [2.05, 4.69) is 96.6 Å². The summed E-state index contributed by atoms with van der Waals surface area (Å²) in [5.41, 5.74) is 1.21. The summed E-state index contributed by atoms with van der Waals surface area (Å²) < 4.78 is 15.7. The van der Waals surface area contributed by atoms with Crippen LogP contribution in [0.25, 0.3) is 0 Å². The van der Waals surface area contributed by atoms with E-state index >= 15 is 0 Å². The van der Waals surface area contributed by atoms with Crippen molar-refractivity contribution in [1.29, 1.82) is 0 Å². The van der Waals surface area contributed by atoms with Crippen LogP contribution in [0.15, 0.2) is 84.9 Å². The van der Waals surface area contributed by atoms with E-state index in [4.69, 9.17) is 0 Å². The Morgan fingerprint density at radius 3 is 1.75 bits per heavy atom. The van der Waals surface area contributed by atoms with Crippen molar-refractivity contribution in [2.75, 3.05) is 0 Å². The molecule has 3 rings (SSSR count). The number of rotatable bonds is 6. The van der Waals surface area contributed by atoms with Crippen LogP contribution in [0.1, 0.15) is 39.3 Å². The Labute approximate surface area is 172 Å². The Morgan fingerprint density at radius 2 is 1.25 bits per heavy atom. The van der Waals surface area contributed by atoms with Crippen molar-refractivity contribution in [3.8, 4) is 0 Å². The largest absolute Gasteiger partial charge is 0.242 e. The minimum atomic E-state index is -1.12. The summed E-state index contributed by atoms with van der Waals surface area (Å²) in [6, 6.07) is 29.9. The van der Waals surface area contributed by atoms with Crippen LogP contribution in [0, 0.1) is 0 Å². The Kier molecular flexibility index (Phi) is 6.82. The predicted octanol–water partition coefficient (Wildman–Crippen LogP) is 4.56. The molecule has 0 aliphatic rings. The molecule has 0 heterocycles. The van der Waals surface area contributed by atoms with Crippen LogP contribution in [0.2, 0.25) is 0 Å². The first-order chi connectivity index (χ1) is 13.4. The number of hydrogen-bond donors (Lipinski definition) is 1. The number of benzene rings is 3. The Bertz CT molecular complexity index is 883. The highest BCUT2D eigenvalue weighted by Crippen LogP contribution is 2.35. The predicted molar refractivity (Wildman–Crippen MR) is 125 cm³/mol. The van der Waals surface area contributed by atoms with Gasteiger partial charge < -0.3 is 0 Å². The van der Waals surface area contributed by atoms with E-state index in [0.29, 0.717) is 0 Å². The van der Waals surface area contributed by atoms with Crippen molar-refractivity contribution in [2.45, 2.75) is 38.5 Å². The van der Waals surface area contributed by atoms with Crippen molar-refractivity contribution < 1.29 is 4.21 Å². The van der Waals surface area contributed by atoms with E-state index in [-0.39, 0.29) is 10.8 Å². The zero-order valence-corrected chi connectivity index (χ0v) is 18.6. The molecule has 0 unspecified atom stereocenters. The summed E-state index contributed by atoms with van der Waals surface area (Å²) in [4.78, 5) is 0. The lowest BCUT2D eigenvalue weighted by Crippen LogP contribution is -2.36. The van der Waals surface area contributed by atoms with Crippen LogP contribution in [-0.2, 0) is 11.0 Å². The molecule has 0 saturated heterocycles. The van der Waals surface area contributed by atoms with Crippen molar-refractivity contribution >= 4 is 34.8 Å². The van der Waals surface area contributed by atoms with Crippen molar-refractivity contribution in [1.82, 2.24) is 4.72 Å². The van der Waals surface area contributed by atoms with E-state index in [1.165, 1.54) is 21.5 Å². The summed E-state index contributed by atoms with van der Waals surface area (Å²) in [6.07, 6.45) is 0. The standard InChI is InChI=1S/C24H28NOPS/c1-19(25-28(26)24(2,3)4)22-17-11-12-18-23(22)27(20-13-7-5-8-14-20)21-15-9-6-10-16-21/h5-19,25H,1-4H3/t19-,28-/m0/s1. The zero-order chi connectivity index (χ0) is 20.1. The second-order valence-electron chi connectivity index (χ2n) is 7.79. The van der Waals surface area contributed by atoms with Crippen molar-refractivity contribution in [3.05, 3.63) is 90.5 Å². The Morgan fingerprint density at radius 1 is 0.786 bits per heavy atom. The lowest BCUT2D eigenvalue weighted by Gasteiger charge is -2.27. The molecule has 3 aromatic rings. The summed E-state index contributed by atoms with van der Waals surface area (Å²) >= 11 is 0. The Balaban J connectivity index is 2.06. The van der Waals surface area contributed by atoms with Gasteiger partial charge in [0, 0.05) is 6.04 Å². The van der Waals surface area contributed by atoms with Crippen LogP contribution in [0.5, 0.6) is 0 Å². The van der Waals surface area contributed by atoms with E-state index < -0.39 is 18.9 Å². The lowest BCUT2D eigenvalue weighted by molar-refractivity contribution is 0.617. The third-order valence-electron chi connectivity index (χ3n) is 4.51. The Hall–Kier alpha value is -1.80. The molecular formula is C24H28NOPS. The molecule has 4 heteroatoms. The van der Waals surface area contributed by atoms with Gasteiger partial charge in [-0.2, -0.15) is 0 Å². The maximum Gasteiger partial charge on any atom is 0.0975 e. The van der Waals surface area contributed by atoms with Crippen molar-refractivity contribution in [2.24, 2.45) is 0 Å². The highest BCUT2D eigenvalue weighted by atomic mass is 32.2. The zero-order valence-electron chi connectivity index (χ0n) is 16.9. The average molecular weight is 410 g/mol. The van der Waals surface area contributed by atoms with Gasteiger partial charge in [-0.25, -0.2) is 8.93 Å². The molecule has 2 atom stereocenters. The monoisotopic (exact) mass is 409 g/mol. The maximum atomic E-state index is 12.7. The maximum absolute atomic E-state index is 12.7. The first kappa shape index (κ1) is 20.9. The molecule has 0 radical (unpaired) electrons. The molecule has 0 bridgehead atoms. The molecule has 0 spiro atoms. The smallest absolute Gasteiger partial charge is 0.0975 e. The second kappa shape index (κ2) is 9.13. The second-order valence-corrected chi connectivity index (χ2v) is 12.0. The average Bonchev–Trinajstić information content (AvgIpc) is 2.69. The SMILES string of the molecule is C[C@H](N[S@@](=O)C(C)(C)C)c1ccccc1P(c1ccccc1)c1ccccc1. The van der Waals surface area contributed by atoms with E-state index in [0.717, 1.165) is 0 Å². The molecule has 146 valence electrons. The fraction of sp³-hybridized carbons (Fsp3) is 0.250. The van der Waals surface area contributed by atoms with Crippen LogP contribution >= 0.6 is 7.92 Å². The summed E-state index contributed by atoms with van der Waals surface area (Å²) in [7, 11) is -1.81. The van der Waals surface area contributed by atoms with Crippen LogP contribution in [-0.4, -0.2) is 8.96 Å². The van der Waals surface area contributed by atoms with Gasteiger partial charge in [-0.05, 0) is 57.1 Å². The first-order valence-electron chi connectivity index (χ1n) is 9.55. The third kappa shape index (κ3) is 4.97. The van der Waals surface area contributed by atoms with Gasteiger partial charge in [-0.15, -0.1) is 0 Å². The van der Waals surface area contributed by atoms with Gasteiger partial charge in [0.2, 0.25) is 0 Å². The fourth-order valence-corrected chi connectivity index (χ4v) is 6.40. The van der Waals surface area contributed by atoms with Gasteiger partial charge in [0.25, 0.3) is 0 Å². The molecule has 0 aliphatic carbocycles. The molecule has 0 saturated carbocycles. The van der Waals surface area contributed by atoms with Gasteiger partial charge in [-0.3, -0.25) is 0 Å². The summed E-state index contributed by atoms with van der Waals surface area (Å²) in [5, 5.41) is 3.95. The molecule has 2 nitrogen and oxygen atoms in total. The number of hydrogen-bond acceptors (Lipinski definition) is 1. The highest BCUT2D eigenvalue weighted by molar-refractivity contribution is 7.84. The van der Waals surface area contributed by atoms with Crippen molar-refractivity contribution in [3.63, 3.8) is 0 Å². The molecule has 1 N–H and O–H groups in total. The molecule has 0 aromatic heterocycles. The number of nitrogens with one attached hydrogen (secondary N) is 1. The summed E-state index contributed by atoms with van der Waals surface area (Å²) in [6.45, 7) is 8.09. The highest BCUT2D eigenvalue weighted by Gasteiger charge is 2.25. The van der Waals surface area contributed by atoms with Gasteiger partial charge in [-0.1, -0.05) is 84.9 Å². The minimum absolute atomic E-state index is 0.00585. The molecule has 0 fully saturated rings. The molecule has 3 aromatic carbocycles. The quantitative estimate of drug-likeness (QED) is 0.594. The van der Waals surface area contributed by atoms with Gasteiger partial charge in [0.15, 0.2) is 0 Å². The van der Waals surface area contributed by atoms with Gasteiger partial charge >= 0.3 is 0 Å². The summed E-state index contributed by atoms with van der Waals surface area (Å²) in [5.74, 6) is 0. The van der Waals surface area contributed by atoms with E-state index in [1.54, 1.807) is 0 Å². The minimum Gasteiger partial charge on any atom is -0.242 e. The van der Waals surface area contributed by atoms with Gasteiger partial charge in [0.1, 0.15) is 0 Å². The lowest BCUT2D eigenvalue weighted by atomic mass is 10.1. The normalized spacial score (nSPS) is 14.0. The topological polar surface area (TPSA) is 29.1 Å². The van der Waals surface area contributed by atoms with Crippen LogP contribution < -0.4 is 20.6 Å². The van der Waals surface area contributed by atoms with E-state index in [1.807, 2.05) is 20.8 Å². The van der Waals surface area contributed by atoms with Crippen LogP contribution in [0.3, 0.4) is 0 Å². The molecular weight excluding hydrogens is 381 g/mol. The molecule has 0 amide bonds. The van der Waals surface area contributed by atoms with E-state index in [9.17, 15) is 4.21 Å². The molecule has 28 heavy (non-hydrogen) atoms. The van der Waals surface area contributed by atoms with Crippen LogP contribution in [0.4, 0.5) is 0 Å². The molecule has 0 aliphatic heterocycles. The van der Waals surface area contributed by atoms with Gasteiger partial charge in [0.05, 0.1) is 15.7 Å². The first-order valence-corrected chi connectivity index (χ1v) is 12.0.